The number of hydrogen-bond acceptors (Lipinski definition) is 10. The van der Waals surface area contributed by atoms with Gasteiger partial charge in [0.15, 0.2) is 0 Å². The number of rotatable bonds is 31. The predicted molar refractivity (Wildman–Crippen MR) is 170 cm³/mol. The van der Waals surface area contributed by atoms with E-state index in [1.165, 1.54) is 0 Å². The van der Waals surface area contributed by atoms with E-state index in [1.807, 2.05) is 0 Å². The Kier molecular flexibility index (Phi) is 27.3. The molecule has 0 saturated carbocycles. The van der Waals surface area contributed by atoms with Crippen molar-refractivity contribution in [2.75, 3.05) is 65.9 Å². The quantitative estimate of drug-likeness (QED) is 0.0501. The van der Waals surface area contributed by atoms with Crippen LogP contribution in [0, 0.1) is 5.92 Å². The summed E-state index contributed by atoms with van der Waals surface area (Å²) in [6.45, 7) is 8.83. The largest absolute Gasteiger partial charge is 0.379 e. The van der Waals surface area contributed by atoms with Gasteiger partial charge in [0.1, 0.15) is 18.4 Å². The summed E-state index contributed by atoms with van der Waals surface area (Å²) in [6, 6.07) is -1.72. The molecule has 15 heteroatoms. The lowest BCUT2D eigenvalue weighted by atomic mass is 10.0. The van der Waals surface area contributed by atoms with Crippen LogP contribution >= 0.6 is 0 Å². The summed E-state index contributed by atoms with van der Waals surface area (Å²) >= 11 is 0. The molecule has 15 nitrogen and oxygen atoms in total. The van der Waals surface area contributed by atoms with Crippen LogP contribution < -0.4 is 27.0 Å². The third-order valence-electron chi connectivity index (χ3n) is 6.62. The second kappa shape index (κ2) is 29.3. The number of unbranched alkanes of at least 4 members (excludes halogenated alkanes) is 3. The first-order chi connectivity index (χ1) is 22.1. The summed E-state index contributed by atoms with van der Waals surface area (Å²) in [7, 11) is 0. The molecule has 0 rings (SSSR count). The number of carbonyl (C=O) groups is 6. The average Bonchev–Trinajstić information content (AvgIpc) is 3.02. The van der Waals surface area contributed by atoms with Crippen LogP contribution in [0.25, 0.3) is 0 Å². The van der Waals surface area contributed by atoms with Crippen LogP contribution in [-0.2, 0) is 47.7 Å². The molecule has 0 aliphatic carbocycles. The third-order valence-corrected chi connectivity index (χ3v) is 6.62. The van der Waals surface area contributed by atoms with Crippen molar-refractivity contribution >= 4 is 35.8 Å². The minimum absolute atomic E-state index is 0.0357. The molecule has 2 atom stereocenters. The molecule has 0 spiro atoms. The summed E-state index contributed by atoms with van der Waals surface area (Å²) in [6.07, 6.45) is 5.10. The topological polar surface area (TPSA) is 213 Å². The summed E-state index contributed by atoms with van der Waals surface area (Å²) in [4.78, 5) is 70.4. The van der Waals surface area contributed by atoms with Gasteiger partial charge in [0.2, 0.25) is 29.5 Å². The fourth-order valence-electron chi connectivity index (χ4n) is 3.97. The first-order valence-electron chi connectivity index (χ1n) is 16.3. The molecule has 266 valence electrons. The Balaban J connectivity index is 4.06. The Labute approximate surface area is 273 Å². The van der Waals surface area contributed by atoms with Crippen LogP contribution in [0.3, 0.4) is 0 Å². The highest BCUT2D eigenvalue weighted by Gasteiger charge is 2.27. The van der Waals surface area contributed by atoms with Crippen LogP contribution in [0.2, 0.25) is 0 Å². The Morgan fingerprint density at radius 1 is 0.674 bits per heavy atom. The Morgan fingerprint density at radius 3 is 1.83 bits per heavy atom. The van der Waals surface area contributed by atoms with E-state index in [-0.39, 0.29) is 43.3 Å². The monoisotopic (exact) mass is 659 g/mol. The summed E-state index contributed by atoms with van der Waals surface area (Å²) in [5.74, 6) is -1.83. The highest BCUT2D eigenvalue weighted by molar-refractivity contribution is 5.91. The van der Waals surface area contributed by atoms with Gasteiger partial charge in [0, 0.05) is 38.8 Å². The standard InChI is InChI=1S/C31H57N5O10/c1-4-26(38)33-13-8-7-10-25(31(42)36-29(24(2)3)30(32)41)35-28(40)12-16-43-18-20-45-22-23-46-21-19-44-17-14-34-27(39)11-6-5-9-15-37/h15,24-25,29H,4-14,16-23H2,1-3H3,(H2,32,41)(H,33,38)(H,34,39)(H,35,40)(H,36,42)/t25-,29+/m1/s1. The van der Waals surface area contributed by atoms with Crippen molar-refractivity contribution in [2.24, 2.45) is 11.7 Å². The SMILES string of the molecule is CCC(=O)NCCCC[C@@H](NC(=O)CCOCCOCCOCCOCCNC(=O)CCCCC=O)C(=O)N[C@H](C(N)=O)C(C)C. The van der Waals surface area contributed by atoms with Crippen LogP contribution in [0.1, 0.15) is 78.6 Å². The normalized spacial score (nSPS) is 12.3. The van der Waals surface area contributed by atoms with E-state index in [0.29, 0.717) is 97.7 Å². The fourth-order valence-corrected chi connectivity index (χ4v) is 3.97. The maximum atomic E-state index is 12.9. The number of hydrogen-bond donors (Lipinski definition) is 5. The number of nitrogens with one attached hydrogen (secondary N) is 4. The highest BCUT2D eigenvalue weighted by atomic mass is 16.6. The minimum atomic E-state index is -0.861. The maximum Gasteiger partial charge on any atom is 0.243 e. The number of amides is 5. The Hall–Kier alpha value is -3.14. The van der Waals surface area contributed by atoms with Gasteiger partial charge in [0.05, 0.1) is 52.9 Å². The number of carbonyl (C=O) groups excluding carboxylic acids is 6. The van der Waals surface area contributed by atoms with Gasteiger partial charge in [-0.05, 0) is 38.0 Å². The van der Waals surface area contributed by atoms with Crippen LogP contribution in [-0.4, -0.2) is 114 Å². The van der Waals surface area contributed by atoms with Crippen molar-refractivity contribution in [2.45, 2.75) is 90.6 Å². The van der Waals surface area contributed by atoms with E-state index < -0.39 is 23.9 Å². The first-order valence-corrected chi connectivity index (χ1v) is 16.3. The van der Waals surface area contributed by atoms with E-state index in [9.17, 15) is 28.8 Å². The van der Waals surface area contributed by atoms with Crippen LogP contribution in [0.15, 0.2) is 0 Å². The Morgan fingerprint density at radius 2 is 1.26 bits per heavy atom. The molecule has 0 unspecified atom stereocenters. The summed E-state index contributed by atoms with van der Waals surface area (Å²) < 4.78 is 21.7. The predicted octanol–water partition coefficient (Wildman–Crippen LogP) is 0.126. The molecule has 0 radical (unpaired) electrons. The van der Waals surface area contributed by atoms with Gasteiger partial charge in [-0.2, -0.15) is 0 Å². The number of primary amides is 1. The van der Waals surface area contributed by atoms with E-state index in [4.69, 9.17) is 24.7 Å². The van der Waals surface area contributed by atoms with Crippen LogP contribution in [0.4, 0.5) is 0 Å². The zero-order valence-electron chi connectivity index (χ0n) is 27.9. The second-order valence-corrected chi connectivity index (χ2v) is 10.9. The fraction of sp³-hybridized carbons (Fsp3) is 0.806. The van der Waals surface area contributed by atoms with Crippen molar-refractivity contribution in [3.63, 3.8) is 0 Å². The van der Waals surface area contributed by atoms with Crippen molar-refractivity contribution in [1.29, 1.82) is 0 Å². The second-order valence-electron chi connectivity index (χ2n) is 10.9. The molecular weight excluding hydrogens is 602 g/mol. The third kappa shape index (κ3) is 25.1. The van der Waals surface area contributed by atoms with Gasteiger partial charge in [-0.25, -0.2) is 0 Å². The van der Waals surface area contributed by atoms with E-state index in [1.54, 1.807) is 20.8 Å². The van der Waals surface area contributed by atoms with Crippen molar-refractivity contribution in [1.82, 2.24) is 21.3 Å². The smallest absolute Gasteiger partial charge is 0.243 e. The zero-order valence-corrected chi connectivity index (χ0v) is 27.9. The van der Waals surface area contributed by atoms with Gasteiger partial charge in [-0.3, -0.25) is 24.0 Å². The van der Waals surface area contributed by atoms with E-state index >= 15 is 0 Å². The minimum Gasteiger partial charge on any atom is -0.379 e. The highest BCUT2D eigenvalue weighted by Crippen LogP contribution is 2.06. The Bertz CT molecular complexity index is 875. The van der Waals surface area contributed by atoms with Gasteiger partial charge in [0.25, 0.3) is 0 Å². The molecule has 5 amide bonds. The molecule has 0 heterocycles. The molecule has 6 N–H and O–H groups in total. The van der Waals surface area contributed by atoms with Crippen molar-refractivity contribution < 1.29 is 47.7 Å². The molecule has 0 aromatic carbocycles. The van der Waals surface area contributed by atoms with E-state index in [0.717, 1.165) is 12.7 Å². The summed E-state index contributed by atoms with van der Waals surface area (Å²) in [5, 5.41) is 10.9. The lowest BCUT2D eigenvalue weighted by molar-refractivity contribution is -0.132. The number of ether oxygens (including phenoxy) is 4. The average molecular weight is 660 g/mol. The van der Waals surface area contributed by atoms with E-state index in [2.05, 4.69) is 21.3 Å². The first kappa shape index (κ1) is 42.9. The molecule has 0 aromatic rings. The number of nitrogens with two attached hydrogens (primary N) is 1. The van der Waals surface area contributed by atoms with Crippen molar-refractivity contribution in [3.05, 3.63) is 0 Å². The maximum absolute atomic E-state index is 12.9. The van der Waals surface area contributed by atoms with Crippen molar-refractivity contribution in [3.8, 4) is 0 Å². The molecule has 0 bridgehead atoms. The summed E-state index contributed by atoms with van der Waals surface area (Å²) in [5.41, 5.74) is 5.42. The lowest BCUT2D eigenvalue weighted by Gasteiger charge is -2.24. The molecular formula is C31H57N5O10. The molecule has 0 aromatic heterocycles. The number of aldehydes is 1. The zero-order chi connectivity index (χ0) is 34.4. The molecule has 0 fully saturated rings. The molecule has 0 aliphatic heterocycles. The van der Waals surface area contributed by atoms with Gasteiger partial charge in [-0.15, -0.1) is 0 Å². The van der Waals surface area contributed by atoms with Crippen LogP contribution in [0.5, 0.6) is 0 Å². The van der Waals surface area contributed by atoms with Gasteiger partial charge < -0.3 is 50.7 Å². The lowest BCUT2D eigenvalue weighted by Crippen LogP contribution is -2.54. The van der Waals surface area contributed by atoms with Gasteiger partial charge in [-0.1, -0.05) is 20.8 Å². The van der Waals surface area contributed by atoms with Gasteiger partial charge >= 0.3 is 0 Å². The molecule has 0 saturated heterocycles. The molecule has 0 aliphatic rings. The molecule has 46 heavy (non-hydrogen) atoms.